The molecule has 0 spiro atoms. The van der Waals surface area contributed by atoms with Crippen LogP contribution in [0.2, 0.25) is 0 Å². The summed E-state index contributed by atoms with van der Waals surface area (Å²) in [5.41, 5.74) is 0.937. The summed E-state index contributed by atoms with van der Waals surface area (Å²) in [4.78, 5) is 24.1. The van der Waals surface area contributed by atoms with E-state index >= 15 is 0 Å². The molecular formula is C23H27FN2O3. The SMILES string of the molecule is O=C(/C=C/c1ccco1)NCCC(=O)NCC1(c2ccc(F)cc2)CCCCC1. The number of furan rings is 1. The quantitative estimate of drug-likeness (QED) is 0.662. The van der Waals surface area contributed by atoms with Gasteiger partial charge in [-0.3, -0.25) is 9.59 Å². The molecule has 1 aromatic carbocycles. The van der Waals surface area contributed by atoms with Gasteiger partial charge in [0.15, 0.2) is 0 Å². The van der Waals surface area contributed by atoms with Gasteiger partial charge in [0.1, 0.15) is 11.6 Å². The van der Waals surface area contributed by atoms with Crippen molar-refractivity contribution in [1.29, 1.82) is 0 Å². The van der Waals surface area contributed by atoms with E-state index in [1.54, 1.807) is 18.2 Å². The number of hydrogen-bond donors (Lipinski definition) is 2. The molecule has 0 aliphatic heterocycles. The highest BCUT2D eigenvalue weighted by atomic mass is 19.1. The molecule has 29 heavy (non-hydrogen) atoms. The molecule has 2 aromatic rings. The summed E-state index contributed by atoms with van der Waals surface area (Å²) in [7, 11) is 0. The van der Waals surface area contributed by atoms with Gasteiger partial charge in [-0.15, -0.1) is 0 Å². The first kappa shape index (κ1) is 20.8. The van der Waals surface area contributed by atoms with Crippen molar-refractivity contribution < 1.29 is 18.4 Å². The topological polar surface area (TPSA) is 71.3 Å². The Bertz CT molecular complexity index is 822. The van der Waals surface area contributed by atoms with Gasteiger partial charge in [-0.05, 0) is 48.7 Å². The van der Waals surface area contributed by atoms with E-state index in [4.69, 9.17) is 4.42 Å². The molecule has 1 fully saturated rings. The fraction of sp³-hybridized carbons (Fsp3) is 0.391. The minimum Gasteiger partial charge on any atom is -0.465 e. The van der Waals surface area contributed by atoms with E-state index in [9.17, 15) is 14.0 Å². The summed E-state index contributed by atoms with van der Waals surface area (Å²) < 4.78 is 18.4. The van der Waals surface area contributed by atoms with Crippen molar-refractivity contribution in [3.05, 3.63) is 65.9 Å². The summed E-state index contributed by atoms with van der Waals surface area (Å²) in [5.74, 6) is -0.0336. The van der Waals surface area contributed by atoms with E-state index in [0.29, 0.717) is 12.3 Å². The number of amides is 2. The lowest BCUT2D eigenvalue weighted by Gasteiger charge is -2.38. The Morgan fingerprint density at radius 1 is 1.07 bits per heavy atom. The second kappa shape index (κ2) is 10.0. The van der Waals surface area contributed by atoms with Crippen molar-refractivity contribution in [1.82, 2.24) is 10.6 Å². The molecule has 1 aromatic heterocycles. The van der Waals surface area contributed by atoms with Crippen LogP contribution in [0.1, 0.15) is 49.8 Å². The van der Waals surface area contributed by atoms with Crippen LogP contribution in [-0.2, 0) is 15.0 Å². The number of benzene rings is 1. The molecule has 1 heterocycles. The highest BCUT2D eigenvalue weighted by Gasteiger charge is 2.34. The third-order valence-corrected chi connectivity index (χ3v) is 5.48. The van der Waals surface area contributed by atoms with Crippen LogP contribution in [-0.4, -0.2) is 24.9 Å². The van der Waals surface area contributed by atoms with E-state index in [-0.39, 0.29) is 36.0 Å². The Morgan fingerprint density at radius 2 is 1.83 bits per heavy atom. The zero-order valence-electron chi connectivity index (χ0n) is 16.5. The van der Waals surface area contributed by atoms with Crippen molar-refractivity contribution in [2.45, 2.75) is 43.9 Å². The minimum absolute atomic E-state index is 0.104. The third kappa shape index (κ3) is 6.04. The number of rotatable bonds is 8. The van der Waals surface area contributed by atoms with Gasteiger partial charge < -0.3 is 15.1 Å². The standard InChI is InChI=1S/C23H27FN2O3/c24-19-8-6-18(7-9-19)23(13-2-1-3-14-23)17-26-22(28)12-15-25-21(27)11-10-20-5-4-16-29-20/h4-11,16H,1-3,12-15,17H2,(H,25,27)(H,26,28)/b11-10+. The Morgan fingerprint density at radius 3 is 2.52 bits per heavy atom. The lowest BCUT2D eigenvalue weighted by Crippen LogP contribution is -2.43. The second-order valence-corrected chi connectivity index (χ2v) is 7.51. The monoisotopic (exact) mass is 398 g/mol. The Hall–Kier alpha value is -2.89. The molecule has 5 nitrogen and oxygen atoms in total. The zero-order valence-corrected chi connectivity index (χ0v) is 16.5. The maximum absolute atomic E-state index is 13.3. The molecule has 3 rings (SSSR count). The van der Waals surface area contributed by atoms with Gasteiger partial charge in [-0.25, -0.2) is 4.39 Å². The Balaban J connectivity index is 1.46. The van der Waals surface area contributed by atoms with Gasteiger partial charge >= 0.3 is 0 Å². The molecule has 0 saturated heterocycles. The van der Waals surface area contributed by atoms with Crippen LogP contribution in [0.5, 0.6) is 0 Å². The molecule has 6 heteroatoms. The highest BCUT2D eigenvalue weighted by Crippen LogP contribution is 2.39. The van der Waals surface area contributed by atoms with Gasteiger partial charge in [0.2, 0.25) is 11.8 Å². The number of hydrogen-bond acceptors (Lipinski definition) is 3. The van der Waals surface area contributed by atoms with Crippen molar-refractivity contribution in [2.24, 2.45) is 0 Å². The third-order valence-electron chi connectivity index (χ3n) is 5.48. The molecule has 2 N–H and O–H groups in total. The van der Waals surface area contributed by atoms with Gasteiger partial charge in [-0.2, -0.15) is 0 Å². The first-order valence-electron chi connectivity index (χ1n) is 10.1. The minimum atomic E-state index is -0.274. The highest BCUT2D eigenvalue weighted by molar-refractivity contribution is 5.91. The summed E-state index contributed by atoms with van der Waals surface area (Å²) in [5, 5.41) is 5.71. The van der Waals surface area contributed by atoms with E-state index in [1.807, 2.05) is 12.1 Å². The Labute approximate surface area is 170 Å². The fourth-order valence-electron chi connectivity index (χ4n) is 3.86. The molecule has 1 aliphatic carbocycles. The van der Waals surface area contributed by atoms with Crippen LogP contribution in [0, 0.1) is 5.82 Å². The molecule has 1 aliphatic rings. The molecule has 0 radical (unpaired) electrons. The molecule has 1 saturated carbocycles. The van der Waals surface area contributed by atoms with E-state index < -0.39 is 0 Å². The van der Waals surface area contributed by atoms with E-state index in [2.05, 4.69) is 10.6 Å². The summed E-state index contributed by atoms with van der Waals surface area (Å²) >= 11 is 0. The first-order chi connectivity index (χ1) is 14.1. The summed E-state index contributed by atoms with van der Waals surface area (Å²) in [6, 6.07) is 10.1. The molecule has 0 bridgehead atoms. The number of carbonyl (C=O) groups excluding carboxylic acids is 2. The molecule has 0 unspecified atom stereocenters. The lowest BCUT2D eigenvalue weighted by atomic mass is 9.69. The second-order valence-electron chi connectivity index (χ2n) is 7.51. The fourth-order valence-corrected chi connectivity index (χ4v) is 3.86. The van der Waals surface area contributed by atoms with Gasteiger partial charge in [-0.1, -0.05) is 31.4 Å². The number of halogens is 1. The predicted molar refractivity (Wildman–Crippen MR) is 110 cm³/mol. The van der Waals surface area contributed by atoms with Crippen molar-refractivity contribution in [3.63, 3.8) is 0 Å². The maximum atomic E-state index is 13.3. The average Bonchev–Trinajstić information content (AvgIpc) is 3.26. The van der Waals surface area contributed by atoms with Crippen molar-refractivity contribution >= 4 is 17.9 Å². The van der Waals surface area contributed by atoms with Crippen LogP contribution in [0.4, 0.5) is 4.39 Å². The largest absolute Gasteiger partial charge is 0.465 e. The Kier molecular flexibility index (Phi) is 7.22. The smallest absolute Gasteiger partial charge is 0.244 e. The molecule has 154 valence electrons. The summed E-state index contributed by atoms with van der Waals surface area (Å²) in [6.45, 7) is 0.792. The molecule has 0 atom stereocenters. The molecular weight excluding hydrogens is 371 g/mol. The van der Waals surface area contributed by atoms with E-state index in [0.717, 1.165) is 31.2 Å². The van der Waals surface area contributed by atoms with Crippen LogP contribution in [0.3, 0.4) is 0 Å². The summed E-state index contributed by atoms with van der Waals surface area (Å²) in [6.07, 6.45) is 10.0. The van der Waals surface area contributed by atoms with Crippen LogP contribution < -0.4 is 10.6 Å². The lowest BCUT2D eigenvalue weighted by molar-refractivity contribution is -0.121. The van der Waals surface area contributed by atoms with Crippen molar-refractivity contribution in [2.75, 3.05) is 13.1 Å². The molecule has 2 amide bonds. The van der Waals surface area contributed by atoms with Gasteiger partial charge in [0.25, 0.3) is 0 Å². The number of carbonyl (C=O) groups is 2. The zero-order chi connectivity index (χ0) is 20.5. The van der Waals surface area contributed by atoms with Gasteiger partial charge in [0.05, 0.1) is 6.26 Å². The first-order valence-corrected chi connectivity index (χ1v) is 10.1. The van der Waals surface area contributed by atoms with Gasteiger partial charge in [0, 0.05) is 31.0 Å². The van der Waals surface area contributed by atoms with Crippen LogP contribution in [0.15, 0.2) is 53.2 Å². The maximum Gasteiger partial charge on any atom is 0.244 e. The average molecular weight is 398 g/mol. The van der Waals surface area contributed by atoms with Crippen LogP contribution >= 0.6 is 0 Å². The van der Waals surface area contributed by atoms with Crippen molar-refractivity contribution in [3.8, 4) is 0 Å². The number of nitrogens with one attached hydrogen (secondary N) is 2. The van der Waals surface area contributed by atoms with E-state index in [1.165, 1.54) is 30.9 Å². The normalized spacial score (nSPS) is 15.9. The predicted octanol–water partition coefficient (Wildman–Crippen LogP) is 3.96. The van der Waals surface area contributed by atoms with Crippen LogP contribution in [0.25, 0.3) is 6.08 Å².